The average Bonchev–Trinajstić information content (AvgIpc) is 3.19. The molecule has 1 aromatic carbocycles. The van der Waals surface area contributed by atoms with Crippen molar-refractivity contribution in [3.8, 4) is 0 Å². The van der Waals surface area contributed by atoms with E-state index < -0.39 is 0 Å². The van der Waals surface area contributed by atoms with Crippen molar-refractivity contribution in [3.05, 3.63) is 35.9 Å². The molecule has 0 bridgehead atoms. The van der Waals surface area contributed by atoms with E-state index in [2.05, 4.69) is 59.8 Å². The number of halogens is 1. The summed E-state index contributed by atoms with van der Waals surface area (Å²) < 4.78 is 0. The molecule has 0 spiro atoms. The van der Waals surface area contributed by atoms with Gasteiger partial charge in [-0.25, -0.2) is 0 Å². The SMILES string of the molecule is CCCCN=C(NCC)NC1CC1c1ccccc1.I. The smallest absolute Gasteiger partial charge is 0.191 e. The predicted molar refractivity (Wildman–Crippen MR) is 97.0 cm³/mol. The number of hydrogen-bond acceptors (Lipinski definition) is 1. The van der Waals surface area contributed by atoms with Crippen molar-refractivity contribution in [1.29, 1.82) is 0 Å². The summed E-state index contributed by atoms with van der Waals surface area (Å²) in [5, 5.41) is 6.86. The number of benzene rings is 1. The van der Waals surface area contributed by atoms with Gasteiger partial charge in [-0.1, -0.05) is 43.7 Å². The van der Waals surface area contributed by atoms with Crippen molar-refractivity contribution < 1.29 is 0 Å². The van der Waals surface area contributed by atoms with E-state index in [0.717, 1.165) is 25.5 Å². The first-order valence-electron chi connectivity index (χ1n) is 7.45. The summed E-state index contributed by atoms with van der Waals surface area (Å²) in [6.45, 7) is 6.13. The van der Waals surface area contributed by atoms with Crippen LogP contribution in [0.2, 0.25) is 0 Å². The summed E-state index contributed by atoms with van der Waals surface area (Å²) in [5.74, 6) is 1.62. The topological polar surface area (TPSA) is 36.4 Å². The zero-order valence-electron chi connectivity index (χ0n) is 12.4. The zero-order chi connectivity index (χ0) is 13.5. The summed E-state index contributed by atoms with van der Waals surface area (Å²) in [5.41, 5.74) is 1.43. The van der Waals surface area contributed by atoms with Crippen molar-refractivity contribution in [2.45, 2.75) is 45.1 Å². The number of guanidine groups is 1. The van der Waals surface area contributed by atoms with Crippen LogP contribution in [0.3, 0.4) is 0 Å². The predicted octanol–water partition coefficient (Wildman–Crippen LogP) is 3.52. The van der Waals surface area contributed by atoms with Crippen LogP contribution >= 0.6 is 24.0 Å². The van der Waals surface area contributed by atoms with Crippen molar-refractivity contribution in [2.24, 2.45) is 4.99 Å². The molecule has 1 saturated carbocycles. The second-order valence-electron chi connectivity index (χ2n) is 5.12. The Morgan fingerprint density at radius 1 is 1.25 bits per heavy atom. The highest BCUT2D eigenvalue weighted by Gasteiger charge is 2.38. The summed E-state index contributed by atoms with van der Waals surface area (Å²) in [7, 11) is 0. The minimum absolute atomic E-state index is 0. The van der Waals surface area contributed by atoms with E-state index >= 15 is 0 Å². The van der Waals surface area contributed by atoms with E-state index in [4.69, 9.17) is 0 Å². The minimum atomic E-state index is 0. The van der Waals surface area contributed by atoms with Gasteiger partial charge in [-0.15, -0.1) is 24.0 Å². The second kappa shape index (κ2) is 9.21. The Bertz CT molecular complexity index is 405. The summed E-state index contributed by atoms with van der Waals surface area (Å²) in [4.78, 5) is 4.61. The molecule has 112 valence electrons. The van der Waals surface area contributed by atoms with E-state index in [1.165, 1.54) is 18.4 Å². The maximum Gasteiger partial charge on any atom is 0.191 e. The molecule has 2 rings (SSSR count). The lowest BCUT2D eigenvalue weighted by atomic mass is 10.1. The fourth-order valence-electron chi connectivity index (χ4n) is 2.27. The fraction of sp³-hybridized carbons (Fsp3) is 0.562. The molecule has 2 atom stereocenters. The van der Waals surface area contributed by atoms with Gasteiger partial charge in [0.05, 0.1) is 0 Å². The average molecular weight is 387 g/mol. The van der Waals surface area contributed by atoms with Crippen molar-refractivity contribution >= 4 is 29.9 Å². The lowest BCUT2D eigenvalue weighted by Crippen LogP contribution is -2.39. The monoisotopic (exact) mass is 387 g/mol. The Hall–Kier alpha value is -0.780. The Morgan fingerprint density at radius 3 is 2.65 bits per heavy atom. The molecule has 20 heavy (non-hydrogen) atoms. The lowest BCUT2D eigenvalue weighted by Gasteiger charge is -2.11. The van der Waals surface area contributed by atoms with Gasteiger partial charge in [0.2, 0.25) is 0 Å². The molecule has 1 aliphatic rings. The molecule has 0 heterocycles. The molecule has 0 radical (unpaired) electrons. The molecule has 0 aliphatic heterocycles. The Morgan fingerprint density at radius 2 is 2.00 bits per heavy atom. The summed E-state index contributed by atoms with van der Waals surface area (Å²) in [6, 6.07) is 11.3. The number of hydrogen-bond donors (Lipinski definition) is 2. The molecule has 0 saturated heterocycles. The maximum absolute atomic E-state index is 4.61. The molecule has 1 fully saturated rings. The lowest BCUT2D eigenvalue weighted by molar-refractivity contribution is 0.764. The number of rotatable bonds is 6. The van der Waals surface area contributed by atoms with E-state index in [1.54, 1.807) is 0 Å². The molecule has 1 aliphatic carbocycles. The Labute approximate surface area is 139 Å². The first-order chi connectivity index (χ1) is 9.35. The molecular weight excluding hydrogens is 361 g/mol. The van der Waals surface area contributed by atoms with Crippen LogP contribution in [-0.2, 0) is 0 Å². The highest BCUT2D eigenvalue weighted by atomic mass is 127. The molecular formula is C16H26IN3. The number of nitrogens with one attached hydrogen (secondary N) is 2. The second-order valence-corrected chi connectivity index (χ2v) is 5.12. The van der Waals surface area contributed by atoms with Crippen LogP contribution in [0.15, 0.2) is 35.3 Å². The highest BCUT2D eigenvalue weighted by molar-refractivity contribution is 14.0. The normalized spacial score (nSPS) is 21.0. The van der Waals surface area contributed by atoms with Crippen LogP contribution in [-0.4, -0.2) is 25.1 Å². The highest BCUT2D eigenvalue weighted by Crippen LogP contribution is 2.40. The zero-order valence-corrected chi connectivity index (χ0v) is 14.8. The first-order valence-corrected chi connectivity index (χ1v) is 7.45. The van der Waals surface area contributed by atoms with E-state index in [1.807, 2.05) is 0 Å². The van der Waals surface area contributed by atoms with Crippen LogP contribution in [0.1, 0.15) is 44.6 Å². The molecule has 0 amide bonds. The van der Waals surface area contributed by atoms with Crippen LogP contribution in [0.25, 0.3) is 0 Å². The van der Waals surface area contributed by atoms with Crippen molar-refractivity contribution in [2.75, 3.05) is 13.1 Å². The van der Waals surface area contributed by atoms with Gasteiger partial charge in [0, 0.05) is 25.0 Å². The Kier molecular flexibility index (Phi) is 7.95. The largest absolute Gasteiger partial charge is 0.357 e. The van der Waals surface area contributed by atoms with Gasteiger partial charge >= 0.3 is 0 Å². The molecule has 1 aromatic rings. The third-order valence-corrected chi connectivity index (χ3v) is 3.47. The summed E-state index contributed by atoms with van der Waals surface area (Å²) >= 11 is 0. The van der Waals surface area contributed by atoms with Gasteiger partial charge in [0.1, 0.15) is 0 Å². The Balaban J connectivity index is 0.00000200. The van der Waals surface area contributed by atoms with Gasteiger partial charge in [-0.05, 0) is 25.3 Å². The fourth-order valence-corrected chi connectivity index (χ4v) is 2.27. The van der Waals surface area contributed by atoms with Crippen LogP contribution in [0.4, 0.5) is 0 Å². The van der Waals surface area contributed by atoms with Crippen LogP contribution in [0, 0.1) is 0 Å². The van der Waals surface area contributed by atoms with Crippen molar-refractivity contribution in [1.82, 2.24) is 10.6 Å². The van der Waals surface area contributed by atoms with E-state index in [0.29, 0.717) is 12.0 Å². The number of aliphatic imine (C=N–C) groups is 1. The standard InChI is InChI=1S/C16H25N3.HI/c1-3-5-11-18-16(17-4-2)19-15-12-14(15)13-9-7-6-8-10-13;/h6-10,14-15H,3-5,11-12H2,1-2H3,(H2,17,18,19);1H. The molecule has 0 aromatic heterocycles. The van der Waals surface area contributed by atoms with Gasteiger partial charge < -0.3 is 10.6 Å². The van der Waals surface area contributed by atoms with Gasteiger partial charge in [0.15, 0.2) is 5.96 Å². The van der Waals surface area contributed by atoms with Gasteiger partial charge in [-0.2, -0.15) is 0 Å². The van der Waals surface area contributed by atoms with Gasteiger partial charge in [-0.3, -0.25) is 4.99 Å². The molecule has 4 heteroatoms. The molecule has 2 unspecified atom stereocenters. The first kappa shape index (κ1) is 17.3. The number of unbranched alkanes of at least 4 members (excludes halogenated alkanes) is 1. The minimum Gasteiger partial charge on any atom is -0.357 e. The van der Waals surface area contributed by atoms with E-state index in [-0.39, 0.29) is 24.0 Å². The third kappa shape index (κ3) is 5.31. The van der Waals surface area contributed by atoms with Crippen molar-refractivity contribution in [3.63, 3.8) is 0 Å². The van der Waals surface area contributed by atoms with Crippen LogP contribution in [0.5, 0.6) is 0 Å². The van der Waals surface area contributed by atoms with Gasteiger partial charge in [0.25, 0.3) is 0 Å². The summed E-state index contributed by atoms with van der Waals surface area (Å²) in [6.07, 6.45) is 3.56. The van der Waals surface area contributed by atoms with E-state index in [9.17, 15) is 0 Å². The number of nitrogens with zero attached hydrogens (tertiary/aromatic N) is 1. The third-order valence-electron chi connectivity index (χ3n) is 3.47. The van der Waals surface area contributed by atoms with Crippen LogP contribution < -0.4 is 10.6 Å². The molecule has 2 N–H and O–H groups in total. The maximum atomic E-state index is 4.61. The molecule has 3 nitrogen and oxygen atoms in total. The quantitative estimate of drug-likeness (QED) is 0.339.